The molecule has 1 aromatic carbocycles. The van der Waals surface area contributed by atoms with Crippen LogP contribution in [0.5, 0.6) is 0 Å². The smallest absolute Gasteiger partial charge is 0.151 e. The van der Waals surface area contributed by atoms with E-state index in [9.17, 15) is 0 Å². The average molecular weight is 297 g/mol. The van der Waals surface area contributed by atoms with Crippen LogP contribution in [-0.2, 0) is 0 Å². The summed E-state index contributed by atoms with van der Waals surface area (Å²) in [4.78, 5) is 2.25. The summed E-state index contributed by atoms with van der Waals surface area (Å²) >= 11 is 12.1. The van der Waals surface area contributed by atoms with Gasteiger partial charge in [-0.25, -0.2) is 0 Å². The summed E-state index contributed by atoms with van der Waals surface area (Å²) in [6.07, 6.45) is 0. The number of hydrogen-bond acceptors (Lipinski definition) is 3. The Labute approximate surface area is 121 Å². The van der Waals surface area contributed by atoms with Crippen LogP contribution in [0.4, 0.5) is 5.82 Å². The van der Waals surface area contributed by atoms with Gasteiger partial charge in [-0.3, -0.25) is 5.10 Å². The molecule has 4 nitrogen and oxygen atoms in total. The number of nitrogens with zero attached hydrogens (tertiary/aromatic N) is 2. The summed E-state index contributed by atoms with van der Waals surface area (Å²) in [5.74, 6) is 0.961. The quantitative estimate of drug-likeness (QED) is 0.896. The summed E-state index contributed by atoms with van der Waals surface area (Å²) in [5.41, 5.74) is 1.83. The lowest BCUT2D eigenvalue weighted by Gasteiger charge is -2.26. The molecule has 2 aromatic rings. The number of H-pyrrole nitrogens is 1. The fourth-order valence-corrected chi connectivity index (χ4v) is 2.72. The van der Waals surface area contributed by atoms with E-state index in [0.29, 0.717) is 10.0 Å². The Morgan fingerprint density at radius 1 is 1.11 bits per heavy atom. The monoisotopic (exact) mass is 296 g/mol. The Morgan fingerprint density at radius 3 is 2.63 bits per heavy atom. The minimum Gasteiger partial charge on any atom is -0.353 e. The van der Waals surface area contributed by atoms with Crippen molar-refractivity contribution in [3.8, 4) is 11.3 Å². The van der Waals surface area contributed by atoms with Crippen LogP contribution >= 0.6 is 23.2 Å². The van der Waals surface area contributed by atoms with Crippen LogP contribution in [0.25, 0.3) is 11.3 Å². The van der Waals surface area contributed by atoms with Crippen LogP contribution in [0, 0.1) is 0 Å². The maximum absolute atomic E-state index is 6.20. The first-order valence-corrected chi connectivity index (χ1v) is 6.96. The Bertz CT molecular complexity index is 576. The first-order chi connectivity index (χ1) is 9.24. The maximum atomic E-state index is 6.20. The van der Waals surface area contributed by atoms with Crippen molar-refractivity contribution in [1.82, 2.24) is 15.5 Å². The average Bonchev–Trinajstić information content (AvgIpc) is 2.89. The molecule has 100 valence electrons. The highest BCUT2D eigenvalue weighted by molar-refractivity contribution is 6.36. The molecule has 1 aromatic heterocycles. The number of piperazine rings is 1. The number of anilines is 1. The molecule has 1 aliphatic heterocycles. The van der Waals surface area contributed by atoms with Crippen LogP contribution in [0.1, 0.15) is 0 Å². The number of hydrogen-bond donors (Lipinski definition) is 2. The highest BCUT2D eigenvalue weighted by atomic mass is 35.5. The number of aromatic amines is 1. The zero-order valence-corrected chi connectivity index (χ0v) is 11.8. The van der Waals surface area contributed by atoms with Crippen LogP contribution in [-0.4, -0.2) is 36.4 Å². The molecule has 0 bridgehead atoms. The van der Waals surface area contributed by atoms with Gasteiger partial charge in [0.25, 0.3) is 0 Å². The number of halogens is 2. The van der Waals surface area contributed by atoms with Gasteiger partial charge in [-0.2, -0.15) is 5.10 Å². The third kappa shape index (κ3) is 2.71. The van der Waals surface area contributed by atoms with E-state index in [1.165, 1.54) is 0 Å². The lowest BCUT2D eigenvalue weighted by atomic mass is 10.1. The Kier molecular flexibility index (Phi) is 3.64. The normalized spacial score (nSPS) is 15.8. The van der Waals surface area contributed by atoms with Crippen LogP contribution in [0.3, 0.4) is 0 Å². The van der Waals surface area contributed by atoms with Gasteiger partial charge < -0.3 is 10.2 Å². The summed E-state index contributed by atoms with van der Waals surface area (Å²) in [6.45, 7) is 3.92. The van der Waals surface area contributed by atoms with E-state index < -0.39 is 0 Å². The Balaban J connectivity index is 1.87. The summed E-state index contributed by atoms with van der Waals surface area (Å²) in [5, 5.41) is 12.0. The van der Waals surface area contributed by atoms with E-state index in [2.05, 4.69) is 20.4 Å². The fraction of sp³-hybridized carbons (Fsp3) is 0.308. The van der Waals surface area contributed by atoms with Crippen LogP contribution in [0.2, 0.25) is 10.0 Å². The molecule has 2 N–H and O–H groups in total. The molecule has 0 aliphatic carbocycles. The van der Waals surface area contributed by atoms with Gasteiger partial charge in [0.1, 0.15) is 0 Å². The molecule has 0 unspecified atom stereocenters. The van der Waals surface area contributed by atoms with E-state index in [-0.39, 0.29) is 0 Å². The van der Waals surface area contributed by atoms with Gasteiger partial charge in [0.2, 0.25) is 0 Å². The van der Waals surface area contributed by atoms with Gasteiger partial charge in [-0.05, 0) is 18.2 Å². The molecular formula is C13H14Cl2N4. The summed E-state index contributed by atoms with van der Waals surface area (Å²) < 4.78 is 0. The van der Waals surface area contributed by atoms with E-state index in [0.717, 1.165) is 43.3 Å². The van der Waals surface area contributed by atoms with Crippen LogP contribution < -0.4 is 10.2 Å². The van der Waals surface area contributed by atoms with Gasteiger partial charge in [-0.15, -0.1) is 0 Å². The third-order valence-electron chi connectivity index (χ3n) is 3.23. The van der Waals surface area contributed by atoms with Gasteiger partial charge in [-0.1, -0.05) is 23.2 Å². The minimum absolute atomic E-state index is 0.628. The predicted octanol–water partition coefficient (Wildman–Crippen LogP) is 2.79. The largest absolute Gasteiger partial charge is 0.353 e. The topological polar surface area (TPSA) is 44.0 Å². The molecule has 3 rings (SSSR count). The molecule has 0 atom stereocenters. The lowest BCUT2D eigenvalue weighted by Crippen LogP contribution is -2.43. The number of benzene rings is 1. The van der Waals surface area contributed by atoms with Crippen LogP contribution in [0.15, 0.2) is 24.3 Å². The predicted molar refractivity (Wildman–Crippen MR) is 79.1 cm³/mol. The SMILES string of the molecule is Clc1ccc(-c2cc(N3CCNCC3)n[nH]2)c(Cl)c1. The standard InChI is InChI=1S/C13H14Cl2N4/c14-9-1-2-10(11(15)7-9)12-8-13(18-17-12)19-5-3-16-4-6-19/h1-2,7-8,16H,3-6H2,(H,17,18). The Morgan fingerprint density at radius 2 is 1.89 bits per heavy atom. The van der Waals surface area contributed by atoms with Gasteiger partial charge in [0.05, 0.1) is 10.7 Å². The molecule has 0 spiro atoms. The molecule has 1 saturated heterocycles. The van der Waals surface area contributed by atoms with Crippen molar-refractivity contribution < 1.29 is 0 Å². The third-order valence-corrected chi connectivity index (χ3v) is 3.77. The van der Waals surface area contributed by atoms with Crippen molar-refractivity contribution in [2.24, 2.45) is 0 Å². The molecule has 0 radical (unpaired) electrons. The van der Waals surface area contributed by atoms with Gasteiger partial charge >= 0.3 is 0 Å². The van der Waals surface area contributed by atoms with E-state index >= 15 is 0 Å². The zero-order chi connectivity index (χ0) is 13.2. The second-order valence-electron chi connectivity index (χ2n) is 4.50. The number of aromatic nitrogens is 2. The molecule has 1 aliphatic rings. The zero-order valence-electron chi connectivity index (χ0n) is 10.3. The molecule has 2 heterocycles. The molecule has 19 heavy (non-hydrogen) atoms. The molecule has 6 heteroatoms. The minimum atomic E-state index is 0.628. The summed E-state index contributed by atoms with van der Waals surface area (Å²) in [6, 6.07) is 7.50. The molecular weight excluding hydrogens is 283 g/mol. The Hall–Kier alpha value is -1.23. The van der Waals surface area contributed by atoms with Crippen molar-refractivity contribution in [3.63, 3.8) is 0 Å². The first kappa shape index (κ1) is 12.8. The molecule has 0 amide bonds. The van der Waals surface area contributed by atoms with Crippen molar-refractivity contribution >= 4 is 29.0 Å². The van der Waals surface area contributed by atoms with Crippen molar-refractivity contribution in [2.75, 3.05) is 31.1 Å². The van der Waals surface area contributed by atoms with Crippen molar-refractivity contribution in [2.45, 2.75) is 0 Å². The number of nitrogens with one attached hydrogen (secondary N) is 2. The second-order valence-corrected chi connectivity index (χ2v) is 5.34. The van der Waals surface area contributed by atoms with E-state index in [1.54, 1.807) is 6.07 Å². The van der Waals surface area contributed by atoms with Gasteiger partial charge in [0, 0.05) is 42.8 Å². The van der Waals surface area contributed by atoms with Crippen molar-refractivity contribution in [1.29, 1.82) is 0 Å². The number of rotatable bonds is 2. The maximum Gasteiger partial charge on any atom is 0.151 e. The fourth-order valence-electron chi connectivity index (χ4n) is 2.21. The van der Waals surface area contributed by atoms with Gasteiger partial charge in [0.15, 0.2) is 5.82 Å². The van der Waals surface area contributed by atoms with Crippen molar-refractivity contribution in [3.05, 3.63) is 34.3 Å². The van der Waals surface area contributed by atoms with E-state index in [4.69, 9.17) is 23.2 Å². The second kappa shape index (κ2) is 5.41. The van der Waals surface area contributed by atoms with E-state index in [1.807, 2.05) is 18.2 Å². The highest BCUT2D eigenvalue weighted by Gasteiger charge is 2.15. The summed E-state index contributed by atoms with van der Waals surface area (Å²) in [7, 11) is 0. The first-order valence-electron chi connectivity index (χ1n) is 6.20. The highest BCUT2D eigenvalue weighted by Crippen LogP contribution is 2.30. The molecule has 1 fully saturated rings. The molecule has 0 saturated carbocycles. The lowest BCUT2D eigenvalue weighted by molar-refractivity contribution is 0.584.